The van der Waals surface area contributed by atoms with Gasteiger partial charge in [0.15, 0.2) is 5.96 Å². The van der Waals surface area contributed by atoms with Crippen LogP contribution in [-0.2, 0) is 11.3 Å². The Hall–Kier alpha value is -1.06. The molecule has 2 heterocycles. The minimum absolute atomic E-state index is 0. The SMILES string of the molecule is CCNC(=NCc1ccc(C)cc1OC1CCOC1)NCC1CCCN(CC)C1.I. The average Bonchev–Trinajstić information content (AvgIpc) is 3.24. The molecule has 0 amide bonds. The molecule has 3 rings (SSSR count). The number of aryl methyl sites for hydroxylation is 1. The molecule has 0 radical (unpaired) electrons. The van der Waals surface area contributed by atoms with Crippen LogP contribution in [0.2, 0.25) is 0 Å². The first-order valence-electron chi connectivity index (χ1n) is 11.3. The van der Waals surface area contributed by atoms with Crippen LogP contribution in [0.3, 0.4) is 0 Å². The number of piperidine rings is 1. The summed E-state index contributed by atoms with van der Waals surface area (Å²) in [6, 6.07) is 6.38. The molecule has 0 spiro atoms. The van der Waals surface area contributed by atoms with Gasteiger partial charge in [-0.2, -0.15) is 0 Å². The third-order valence-electron chi connectivity index (χ3n) is 5.76. The molecule has 6 nitrogen and oxygen atoms in total. The second kappa shape index (κ2) is 13.4. The van der Waals surface area contributed by atoms with Gasteiger partial charge in [0.25, 0.3) is 0 Å². The van der Waals surface area contributed by atoms with Gasteiger partial charge in [0.1, 0.15) is 11.9 Å². The molecule has 170 valence electrons. The summed E-state index contributed by atoms with van der Waals surface area (Å²) in [6.07, 6.45) is 3.70. The van der Waals surface area contributed by atoms with Crippen LogP contribution in [0, 0.1) is 12.8 Å². The monoisotopic (exact) mass is 530 g/mol. The van der Waals surface area contributed by atoms with Gasteiger partial charge in [0.2, 0.25) is 0 Å². The number of nitrogens with one attached hydrogen (secondary N) is 2. The quantitative estimate of drug-likeness (QED) is 0.306. The Morgan fingerprint density at radius 2 is 2.13 bits per heavy atom. The van der Waals surface area contributed by atoms with Gasteiger partial charge < -0.3 is 25.0 Å². The predicted molar refractivity (Wildman–Crippen MR) is 134 cm³/mol. The van der Waals surface area contributed by atoms with Crippen LogP contribution < -0.4 is 15.4 Å². The lowest BCUT2D eigenvalue weighted by Crippen LogP contribution is -2.44. The smallest absolute Gasteiger partial charge is 0.191 e. The summed E-state index contributed by atoms with van der Waals surface area (Å²) in [6.45, 7) is 13.9. The molecule has 2 saturated heterocycles. The number of guanidine groups is 1. The van der Waals surface area contributed by atoms with E-state index < -0.39 is 0 Å². The van der Waals surface area contributed by atoms with Gasteiger partial charge >= 0.3 is 0 Å². The van der Waals surface area contributed by atoms with Crippen LogP contribution in [0.5, 0.6) is 5.75 Å². The van der Waals surface area contributed by atoms with Gasteiger partial charge in [-0.05, 0) is 57.3 Å². The zero-order valence-electron chi connectivity index (χ0n) is 18.8. The van der Waals surface area contributed by atoms with Crippen LogP contribution in [0.25, 0.3) is 0 Å². The first kappa shape index (κ1) is 25.2. The number of likely N-dealkylation sites (tertiary alicyclic amines) is 1. The normalized spacial score (nSPS) is 22.4. The van der Waals surface area contributed by atoms with E-state index >= 15 is 0 Å². The number of aliphatic imine (C=N–C) groups is 1. The van der Waals surface area contributed by atoms with E-state index in [1.165, 1.54) is 31.5 Å². The zero-order valence-corrected chi connectivity index (χ0v) is 21.1. The van der Waals surface area contributed by atoms with Crippen molar-refractivity contribution in [1.82, 2.24) is 15.5 Å². The number of hydrogen-bond acceptors (Lipinski definition) is 4. The van der Waals surface area contributed by atoms with Gasteiger partial charge in [-0.1, -0.05) is 19.1 Å². The number of ether oxygens (including phenoxy) is 2. The van der Waals surface area contributed by atoms with Crippen molar-refractivity contribution in [2.24, 2.45) is 10.9 Å². The van der Waals surface area contributed by atoms with Gasteiger partial charge in [0.05, 0.1) is 19.8 Å². The topological polar surface area (TPSA) is 58.1 Å². The summed E-state index contributed by atoms with van der Waals surface area (Å²) >= 11 is 0. The largest absolute Gasteiger partial charge is 0.488 e. The van der Waals surface area contributed by atoms with Crippen LogP contribution in [0.4, 0.5) is 0 Å². The minimum Gasteiger partial charge on any atom is -0.488 e. The van der Waals surface area contributed by atoms with Crippen molar-refractivity contribution in [2.45, 2.75) is 52.7 Å². The average molecular weight is 530 g/mol. The van der Waals surface area contributed by atoms with Gasteiger partial charge in [-0.3, -0.25) is 0 Å². The van der Waals surface area contributed by atoms with E-state index in [4.69, 9.17) is 14.5 Å². The molecule has 2 aliphatic heterocycles. The molecular formula is C23H39IN4O2. The molecule has 1 aromatic carbocycles. The Bertz CT molecular complexity index is 665. The standard InChI is InChI=1S/C23H38N4O2.HI/c1-4-24-23(25-14-19-7-6-11-27(5-2)16-19)26-15-20-9-8-18(3)13-22(20)29-21-10-12-28-17-21;/h8-9,13,19,21H,4-7,10-12,14-17H2,1-3H3,(H2,24,25,26);1H. The fourth-order valence-corrected chi connectivity index (χ4v) is 4.04. The maximum atomic E-state index is 6.22. The van der Waals surface area contributed by atoms with Crippen molar-refractivity contribution in [2.75, 3.05) is 45.9 Å². The Balaban J connectivity index is 0.00000320. The summed E-state index contributed by atoms with van der Waals surface area (Å²) in [4.78, 5) is 7.39. The number of benzene rings is 1. The number of nitrogens with zero attached hydrogens (tertiary/aromatic N) is 2. The summed E-state index contributed by atoms with van der Waals surface area (Å²) in [7, 11) is 0. The van der Waals surface area contributed by atoms with Crippen molar-refractivity contribution >= 4 is 29.9 Å². The fraction of sp³-hybridized carbons (Fsp3) is 0.696. The third kappa shape index (κ3) is 7.89. The maximum absolute atomic E-state index is 6.22. The van der Waals surface area contributed by atoms with Crippen LogP contribution >= 0.6 is 24.0 Å². The highest BCUT2D eigenvalue weighted by atomic mass is 127. The van der Waals surface area contributed by atoms with E-state index in [-0.39, 0.29) is 30.1 Å². The van der Waals surface area contributed by atoms with E-state index in [9.17, 15) is 0 Å². The number of hydrogen-bond donors (Lipinski definition) is 2. The van der Waals surface area contributed by atoms with Crippen LogP contribution in [-0.4, -0.2) is 62.9 Å². The van der Waals surface area contributed by atoms with Gasteiger partial charge in [-0.25, -0.2) is 4.99 Å². The number of rotatable bonds is 8. The molecule has 2 unspecified atom stereocenters. The first-order valence-corrected chi connectivity index (χ1v) is 11.3. The second-order valence-electron chi connectivity index (χ2n) is 8.19. The molecule has 30 heavy (non-hydrogen) atoms. The van der Waals surface area contributed by atoms with E-state index in [2.05, 4.69) is 54.5 Å². The minimum atomic E-state index is 0. The number of halogens is 1. The second-order valence-corrected chi connectivity index (χ2v) is 8.19. The maximum Gasteiger partial charge on any atom is 0.191 e. The van der Waals surface area contributed by atoms with Crippen molar-refractivity contribution in [3.8, 4) is 5.75 Å². The van der Waals surface area contributed by atoms with Crippen molar-refractivity contribution in [3.05, 3.63) is 29.3 Å². The third-order valence-corrected chi connectivity index (χ3v) is 5.76. The van der Waals surface area contributed by atoms with Crippen LogP contribution in [0.15, 0.2) is 23.2 Å². The summed E-state index contributed by atoms with van der Waals surface area (Å²) < 4.78 is 11.7. The van der Waals surface area contributed by atoms with Gasteiger partial charge in [0, 0.05) is 31.6 Å². The summed E-state index contributed by atoms with van der Waals surface area (Å²) in [5, 5.41) is 6.95. The van der Waals surface area contributed by atoms with Gasteiger partial charge in [-0.15, -0.1) is 24.0 Å². The molecule has 2 aliphatic rings. The van der Waals surface area contributed by atoms with E-state index in [0.29, 0.717) is 19.1 Å². The highest BCUT2D eigenvalue weighted by Gasteiger charge is 2.20. The lowest BCUT2D eigenvalue weighted by atomic mass is 9.98. The molecule has 7 heteroatoms. The summed E-state index contributed by atoms with van der Waals surface area (Å²) in [5.41, 5.74) is 2.32. The highest BCUT2D eigenvalue weighted by molar-refractivity contribution is 14.0. The van der Waals surface area contributed by atoms with E-state index in [1.807, 2.05) is 0 Å². The molecular weight excluding hydrogens is 491 g/mol. The first-order chi connectivity index (χ1) is 14.2. The Labute approximate surface area is 199 Å². The molecule has 1 aromatic rings. The van der Waals surface area contributed by atoms with Crippen molar-refractivity contribution < 1.29 is 9.47 Å². The van der Waals surface area contributed by atoms with Crippen molar-refractivity contribution in [1.29, 1.82) is 0 Å². The zero-order chi connectivity index (χ0) is 20.5. The Kier molecular flexibility index (Phi) is 11.2. The highest BCUT2D eigenvalue weighted by Crippen LogP contribution is 2.24. The molecule has 2 atom stereocenters. The summed E-state index contributed by atoms with van der Waals surface area (Å²) in [5.74, 6) is 2.51. The molecule has 0 bridgehead atoms. The lowest BCUT2D eigenvalue weighted by molar-refractivity contribution is 0.140. The predicted octanol–water partition coefficient (Wildman–Crippen LogP) is 3.57. The fourth-order valence-electron chi connectivity index (χ4n) is 4.04. The van der Waals surface area contributed by atoms with E-state index in [1.54, 1.807) is 0 Å². The molecule has 0 aliphatic carbocycles. The molecule has 0 aromatic heterocycles. The van der Waals surface area contributed by atoms with E-state index in [0.717, 1.165) is 49.9 Å². The molecule has 0 saturated carbocycles. The molecule has 2 fully saturated rings. The lowest BCUT2D eigenvalue weighted by Gasteiger charge is -2.32. The molecule has 2 N–H and O–H groups in total. The van der Waals surface area contributed by atoms with Crippen molar-refractivity contribution in [3.63, 3.8) is 0 Å². The Morgan fingerprint density at radius 3 is 2.87 bits per heavy atom. The van der Waals surface area contributed by atoms with Crippen LogP contribution in [0.1, 0.15) is 44.2 Å². The Morgan fingerprint density at radius 1 is 1.27 bits per heavy atom.